The van der Waals surface area contributed by atoms with Gasteiger partial charge in [-0.05, 0) is 51.7 Å². The molecule has 6 nitrogen and oxygen atoms in total. The van der Waals surface area contributed by atoms with Crippen molar-refractivity contribution in [2.45, 2.75) is 25.7 Å². The predicted octanol–water partition coefficient (Wildman–Crippen LogP) is 0.286. The molecule has 0 saturated carbocycles. The highest BCUT2D eigenvalue weighted by molar-refractivity contribution is 7.86. The Kier molecular flexibility index (Phi) is 5.39. The third-order valence-electron chi connectivity index (χ3n) is 5.31. The molecule has 0 aromatic rings. The number of piperazine rings is 1. The molecule has 1 atom stereocenters. The van der Waals surface area contributed by atoms with Gasteiger partial charge in [0, 0.05) is 45.8 Å². The number of rotatable bonds is 4. The largest absolute Gasteiger partial charge is 0.304 e. The van der Waals surface area contributed by atoms with Crippen molar-refractivity contribution < 1.29 is 8.42 Å². The summed E-state index contributed by atoms with van der Waals surface area (Å²) >= 11 is 0. The van der Waals surface area contributed by atoms with E-state index in [2.05, 4.69) is 16.8 Å². The van der Waals surface area contributed by atoms with Crippen LogP contribution in [0.3, 0.4) is 0 Å². The summed E-state index contributed by atoms with van der Waals surface area (Å²) in [6.45, 7) is 7.82. The molecule has 3 fully saturated rings. The SMILES string of the molecule is CN1CCN(S(=O)(=O)N2CCCC(CN3CCCC3)C2)CC1. The van der Waals surface area contributed by atoms with Gasteiger partial charge in [0.05, 0.1) is 0 Å². The molecule has 3 aliphatic rings. The molecule has 0 amide bonds. The fourth-order valence-electron chi connectivity index (χ4n) is 3.90. The van der Waals surface area contributed by atoms with Crippen molar-refractivity contribution in [2.24, 2.45) is 5.92 Å². The maximum absolute atomic E-state index is 12.8. The molecule has 0 aliphatic carbocycles. The van der Waals surface area contributed by atoms with E-state index in [1.54, 1.807) is 8.61 Å². The van der Waals surface area contributed by atoms with Gasteiger partial charge < -0.3 is 9.80 Å². The van der Waals surface area contributed by atoms with Gasteiger partial charge in [-0.2, -0.15) is 17.0 Å². The highest BCUT2D eigenvalue weighted by Gasteiger charge is 2.35. The van der Waals surface area contributed by atoms with Crippen LogP contribution in [0.4, 0.5) is 0 Å². The van der Waals surface area contributed by atoms with Crippen LogP contribution in [0.15, 0.2) is 0 Å². The Bertz CT molecular complexity index is 456. The van der Waals surface area contributed by atoms with E-state index in [1.807, 2.05) is 0 Å². The molecule has 3 saturated heterocycles. The summed E-state index contributed by atoms with van der Waals surface area (Å²) in [5.41, 5.74) is 0. The normalized spacial score (nSPS) is 30.9. The zero-order valence-corrected chi connectivity index (χ0v) is 14.6. The maximum atomic E-state index is 12.8. The Morgan fingerprint density at radius 1 is 0.864 bits per heavy atom. The fraction of sp³-hybridized carbons (Fsp3) is 1.00. The molecule has 0 bridgehead atoms. The molecule has 22 heavy (non-hydrogen) atoms. The van der Waals surface area contributed by atoms with Gasteiger partial charge in [-0.25, -0.2) is 0 Å². The Morgan fingerprint density at radius 3 is 2.23 bits per heavy atom. The van der Waals surface area contributed by atoms with Crippen LogP contribution in [-0.4, -0.2) is 92.8 Å². The van der Waals surface area contributed by atoms with E-state index < -0.39 is 10.2 Å². The second kappa shape index (κ2) is 7.13. The van der Waals surface area contributed by atoms with Crippen molar-refractivity contribution in [1.82, 2.24) is 18.4 Å². The van der Waals surface area contributed by atoms with Crippen LogP contribution < -0.4 is 0 Å². The zero-order valence-electron chi connectivity index (χ0n) is 13.8. The van der Waals surface area contributed by atoms with E-state index in [-0.39, 0.29) is 0 Å². The molecule has 128 valence electrons. The quantitative estimate of drug-likeness (QED) is 0.743. The molecular formula is C15H30N4O2S. The van der Waals surface area contributed by atoms with Crippen molar-refractivity contribution in [2.75, 3.05) is 66.0 Å². The Morgan fingerprint density at radius 2 is 1.55 bits per heavy atom. The number of hydrogen-bond acceptors (Lipinski definition) is 4. The first kappa shape index (κ1) is 16.6. The van der Waals surface area contributed by atoms with E-state index in [1.165, 1.54) is 32.4 Å². The Hall–Kier alpha value is -0.210. The van der Waals surface area contributed by atoms with Crippen LogP contribution >= 0.6 is 0 Å². The number of piperidine rings is 1. The summed E-state index contributed by atoms with van der Waals surface area (Å²) in [6.07, 6.45) is 4.78. The van der Waals surface area contributed by atoms with Crippen molar-refractivity contribution >= 4 is 10.2 Å². The minimum atomic E-state index is -3.25. The first-order chi connectivity index (χ1) is 10.6. The van der Waals surface area contributed by atoms with Gasteiger partial charge >= 0.3 is 0 Å². The minimum Gasteiger partial charge on any atom is -0.304 e. The molecular weight excluding hydrogens is 300 g/mol. The molecule has 0 radical (unpaired) electrons. The summed E-state index contributed by atoms with van der Waals surface area (Å²) in [7, 11) is -1.20. The van der Waals surface area contributed by atoms with Gasteiger partial charge in [0.25, 0.3) is 10.2 Å². The van der Waals surface area contributed by atoms with Crippen molar-refractivity contribution in [3.8, 4) is 0 Å². The second-order valence-electron chi connectivity index (χ2n) is 7.08. The standard InChI is InChI=1S/C15H30N4O2S/c1-16-9-11-18(12-10-16)22(20,21)19-8-4-5-15(14-19)13-17-6-2-3-7-17/h15H,2-14H2,1H3. The number of likely N-dealkylation sites (N-methyl/N-ethyl adjacent to an activating group) is 1. The van der Waals surface area contributed by atoms with E-state index in [0.29, 0.717) is 32.1 Å². The molecule has 3 heterocycles. The van der Waals surface area contributed by atoms with Gasteiger partial charge in [-0.1, -0.05) is 0 Å². The van der Waals surface area contributed by atoms with Crippen molar-refractivity contribution in [3.05, 3.63) is 0 Å². The van der Waals surface area contributed by atoms with Gasteiger partial charge in [0.15, 0.2) is 0 Å². The third-order valence-corrected chi connectivity index (χ3v) is 7.31. The second-order valence-corrected chi connectivity index (χ2v) is 9.01. The highest BCUT2D eigenvalue weighted by Crippen LogP contribution is 2.23. The predicted molar refractivity (Wildman–Crippen MR) is 88.0 cm³/mol. The van der Waals surface area contributed by atoms with Gasteiger partial charge in [-0.15, -0.1) is 0 Å². The maximum Gasteiger partial charge on any atom is 0.282 e. The fourth-order valence-corrected chi connectivity index (χ4v) is 5.61. The van der Waals surface area contributed by atoms with Gasteiger partial charge in [-0.3, -0.25) is 0 Å². The van der Waals surface area contributed by atoms with Crippen LogP contribution in [0.25, 0.3) is 0 Å². The molecule has 0 spiro atoms. The summed E-state index contributed by atoms with van der Waals surface area (Å²) < 4.78 is 29.1. The number of nitrogens with zero attached hydrogens (tertiary/aromatic N) is 4. The van der Waals surface area contributed by atoms with Crippen LogP contribution in [0, 0.1) is 5.92 Å². The van der Waals surface area contributed by atoms with Crippen LogP contribution in [-0.2, 0) is 10.2 Å². The van der Waals surface area contributed by atoms with Gasteiger partial charge in [0.2, 0.25) is 0 Å². The lowest BCUT2D eigenvalue weighted by Gasteiger charge is -2.39. The molecule has 7 heteroatoms. The van der Waals surface area contributed by atoms with Crippen molar-refractivity contribution in [3.63, 3.8) is 0 Å². The lowest BCUT2D eigenvalue weighted by molar-refractivity contribution is 0.178. The average Bonchev–Trinajstić information content (AvgIpc) is 3.01. The van der Waals surface area contributed by atoms with Gasteiger partial charge in [0.1, 0.15) is 0 Å². The molecule has 0 N–H and O–H groups in total. The third kappa shape index (κ3) is 3.82. The van der Waals surface area contributed by atoms with E-state index in [9.17, 15) is 8.42 Å². The van der Waals surface area contributed by atoms with E-state index in [0.717, 1.165) is 26.1 Å². The molecule has 0 aromatic carbocycles. The monoisotopic (exact) mass is 330 g/mol. The summed E-state index contributed by atoms with van der Waals surface area (Å²) in [4.78, 5) is 4.70. The zero-order chi connectivity index (χ0) is 15.6. The highest BCUT2D eigenvalue weighted by atomic mass is 32.2. The first-order valence-corrected chi connectivity index (χ1v) is 10.1. The lowest BCUT2D eigenvalue weighted by atomic mass is 9.99. The topological polar surface area (TPSA) is 47.1 Å². The molecule has 3 rings (SSSR count). The van der Waals surface area contributed by atoms with E-state index >= 15 is 0 Å². The summed E-state index contributed by atoms with van der Waals surface area (Å²) in [5.74, 6) is 0.508. The average molecular weight is 330 g/mol. The lowest BCUT2D eigenvalue weighted by Crippen LogP contribution is -2.54. The van der Waals surface area contributed by atoms with E-state index in [4.69, 9.17) is 0 Å². The summed E-state index contributed by atoms with van der Waals surface area (Å²) in [6, 6.07) is 0. The number of hydrogen-bond donors (Lipinski definition) is 0. The summed E-state index contributed by atoms with van der Waals surface area (Å²) in [5, 5.41) is 0. The van der Waals surface area contributed by atoms with Crippen LogP contribution in [0.2, 0.25) is 0 Å². The molecule has 1 unspecified atom stereocenters. The molecule has 3 aliphatic heterocycles. The smallest absolute Gasteiger partial charge is 0.282 e. The minimum absolute atomic E-state index is 0.508. The molecule has 0 aromatic heterocycles. The number of likely N-dealkylation sites (tertiary alicyclic amines) is 1. The van der Waals surface area contributed by atoms with Crippen molar-refractivity contribution in [1.29, 1.82) is 0 Å². The first-order valence-electron chi connectivity index (χ1n) is 8.72. The Balaban J connectivity index is 1.58. The van der Waals surface area contributed by atoms with Crippen LogP contribution in [0.1, 0.15) is 25.7 Å². The van der Waals surface area contributed by atoms with Crippen LogP contribution in [0.5, 0.6) is 0 Å². The Labute approximate surface area is 135 Å².